The van der Waals surface area contributed by atoms with Gasteiger partial charge in [0.05, 0.1) is 5.52 Å². The van der Waals surface area contributed by atoms with Crippen molar-refractivity contribution < 1.29 is 5.11 Å². The standard InChI is InChI=1S/C15H12ClNO/c1-2-3-12-14(18)7-6-11-10-5-4-9(16)8-13(10)17-15(11)12/h2,4-8,17-18H,1,3H2. The fourth-order valence-corrected chi connectivity index (χ4v) is 2.52. The Morgan fingerprint density at radius 3 is 2.78 bits per heavy atom. The van der Waals surface area contributed by atoms with Gasteiger partial charge in [0.15, 0.2) is 0 Å². The molecule has 2 aromatic carbocycles. The quantitative estimate of drug-likeness (QED) is 0.656. The molecule has 1 aromatic heterocycles. The highest BCUT2D eigenvalue weighted by Gasteiger charge is 2.11. The van der Waals surface area contributed by atoms with E-state index in [1.54, 1.807) is 12.1 Å². The number of phenols is 1. The first-order valence-corrected chi connectivity index (χ1v) is 6.11. The number of halogens is 1. The second-order valence-electron chi connectivity index (χ2n) is 4.29. The van der Waals surface area contributed by atoms with Gasteiger partial charge in [0.1, 0.15) is 5.75 Å². The third-order valence-corrected chi connectivity index (χ3v) is 3.40. The van der Waals surface area contributed by atoms with Gasteiger partial charge in [-0.2, -0.15) is 0 Å². The van der Waals surface area contributed by atoms with Crippen molar-refractivity contribution in [2.75, 3.05) is 0 Å². The monoisotopic (exact) mass is 257 g/mol. The molecule has 0 saturated carbocycles. The van der Waals surface area contributed by atoms with Crippen molar-refractivity contribution in [3.8, 4) is 5.75 Å². The Labute approximate surface area is 110 Å². The van der Waals surface area contributed by atoms with Gasteiger partial charge in [0, 0.05) is 26.9 Å². The highest BCUT2D eigenvalue weighted by molar-refractivity contribution is 6.31. The molecule has 18 heavy (non-hydrogen) atoms. The molecule has 3 heteroatoms. The van der Waals surface area contributed by atoms with Crippen LogP contribution in [0.2, 0.25) is 5.02 Å². The summed E-state index contributed by atoms with van der Waals surface area (Å²) in [5.41, 5.74) is 2.80. The van der Waals surface area contributed by atoms with Crippen molar-refractivity contribution in [2.45, 2.75) is 6.42 Å². The summed E-state index contributed by atoms with van der Waals surface area (Å²) < 4.78 is 0. The number of fused-ring (bicyclic) bond motifs is 3. The second kappa shape index (κ2) is 4.07. The van der Waals surface area contributed by atoms with Crippen molar-refractivity contribution in [3.05, 3.63) is 53.6 Å². The Hall–Kier alpha value is -1.93. The fourth-order valence-electron chi connectivity index (χ4n) is 2.34. The maximum absolute atomic E-state index is 9.93. The molecule has 90 valence electrons. The number of allylic oxidation sites excluding steroid dienone is 1. The van der Waals surface area contributed by atoms with E-state index in [1.165, 1.54) is 0 Å². The third kappa shape index (κ3) is 1.57. The Morgan fingerprint density at radius 1 is 1.22 bits per heavy atom. The molecule has 2 N–H and O–H groups in total. The van der Waals surface area contributed by atoms with Gasteiger partial charge in [-0.15, -0.1) is 6.58 Å². The average molecular weight is 258 g/mol. The number of nitrogens with one attached hydrogen (secondary N) is 1. The van der Waals surface area contributed by atoms with E-state index >= 15 is 0 Å². The number of hydrogen-bond acceptors (Lipinski definition) is 1. The summed E-state index contributed by atoms with van der Waals surface area (Å²) >= 11 is 5.99. The number of hydrogen-bond donors (Lipinski definition) is 2. The Morgan fingerprint density at radius 2 is 2.00 bits per heavy atom. The van der Waals surface area contributed by atoms with Gasteiger partial charge < -0.3 is 10.1 Å². The summed E-state index contributed by atoms with van der Waals surface area (Å²) in [5, 5.41) is 12.8. The maximum Gasteiger partial charge on any atom is 0.121 e. The van der Waals surface area contributed by atoms with E-state index in [0.717, 1.165) is 27.4 Å². The summed E-state index contributed by atoms with van der Waals surface area (Å²) in [7, 11) is 0. The summed E-state index contributed by atoms with van der Waals surface area (Å²) in [6.45, 7) is 3.73. The number of aromatic hydroxyl groups is 1. The molecule has 3 aromatic rings. The van der Waals surface area contributed by atoms with Crippen molar-refractivity contribution in [1.29, 1.82) is 0 Å². The minimum Gasteiger partial charge on any atom is -0.508 e. The molecule has 0 radical (unpaired) electrons. The Balaban J connectivity index is 2.44. The lowest BCUT2D eigenvalue weighted by Crippen LogP contribution is -1.84. The molecular formula is C15H12ClNO. The van der Waals surface area contributed by atoms with E-state index in [2.05, 4.69) is 11.6 Å². The smallest absolute Gasteiger partial charge is 0.121 e. The number of rotatable bonds is 2. The van der Waals surface area contributed by atoms with Crippen LogP contribution in [0.5, 0.6) is 5.75 Å². The summed E-state index contributed by atoms with van der Waals surface area (Å²) in [4.78, 5) is 3.32. The van der Waals surface area contributed by atoms with Crippen molar-refractivity contribution in [3.63, 3.8) is 0 Å². The summed E-state index contributed by atoms with van der Waals surface area (Å²) in [5.74, 6) is 0.292. The first-order valence-electron chi connectivity index (χ1n) is 5.73. The Bertz CT molecular complexity index is 758. The van der Waals surface area contributed by atoms with Crippen LogP contribution in [-0.2, 0) is 6.42 Å². The molecule has 0 spiro atoms. The van der Waals surface area contributed by atoms with E-state index in [-0.39, 0.29) is 0 Å². The molecule has 2 nitrogen and oxygen atoms in total. The molecule has 0 unspecified atom stereocenters. The zero-order valence-electron chi connectivity index (χ0n) is 9.70. The molecule has 0 aliphatic rings. The summed E-state index contributed by atoms with van der Waals surface area (Å²) in [6, 6.07) is 9.40. The first-order chi connectivity index (χ1) is 8.70. The van der Waals surface area contributed by atoms with E-state index < -0.39 is 0 Å². The number of benzene rings is 2. The zero-order chi connectivity index (χ0) is 12.7. The Kier molecular flexibility index (Phi) is 2.53. The zero-order valence-corrected chi connectivity index (χ0v) is 10.5. The van der Waals surface area contributed by atoms with Gasteiger partial charge >= 0.3 is 0 Å². The molecule has 3 rings (SSSR count). The maximum atomic E-state index is 9.93. The fraction of sp³-hybridized carbons (Fsp3) is 0.0667. The lowest BCUT2D eigenvalue weighted by molar-refractivity contribution is 0.471. The van der Waals surface area contributed by atoms with Gasteiger partial charge in [-0.05, 0) is 30.7 Å². The van der Waals surface area contributed by atoms with Crippen LogP contribution in [0, 0.1) is 0 Å². The van der Waals surface area contributed by atoms with Gasteiger partial charge in [-0.3, -0.25) is 0 Å². The average Bonchev–Trinajstić information content (AvgIpc) is 2.70. The van der Waals surface area contributed by atoms with Crippen LogP contribution in [0.15, 0.2) is 43.0 Å². The molecule has 0 aliphatic carbocycles. The molecule has 0 amide bonds. The van der Waals surface area contributed by atoms with Gasteiger partial charge in [0.2, 0.25) is 0 Å². The van der Waals surface area contributed by atoms with Crippen LogP contribution in [-0.4, -0.2) is 10.1 Å². The van der Waals surface area contributed by atoms with Crippen molar-refractivity contribution in [1.82, 2.24) is 4.98 Å². The number of aromatic nitrogens is 1. The van der Waals surface area contributed by atoms with Crippen LogP contribution in [0.3, 0.4) is 0 Å². The van der Waals surface area contributed by atoms with E-state index in [0.29, 0.717) is 17.2 Å². The molecule has 0 atom stereocenters. The first kappa shape index (κ1) is 11.2. The van der Waals surface area contributed by atoms with Crippen molar-refractivity contribution in [2.24, 2.45) is 0 Å². The highest BCUT2D eigenvalue weighted by atomic mass is 35.5. The molecular weight excluding hydrogens is 246 g/mol. The largest absolute Gasteiger partial charge is 0.508 e. The van der Waals surface area contributed by atoms with E-state index in [4.69, 9.17) is 11.6 Å². The van der Waals surface area contributed by atoms with E-state index in [9.17, 15) is 5.11 Å². The lowest BCUT2D eigenvalue weighted by Gasteiger charge is -2.03. The normalized spacial score (nSPS) is 11.2. The minimum absolute atomic E-state index is 0.292. The second-order valence-corrected chi connectivity index (χ2v) is 4.73. The number of H-pyrrole nitrogens is 1. The van der Waals surface area contributed by atoms with Crippen LogP contribution >= 0.6 is 11.6 Å². The van der Waals surface area contributed by atoms with Crippen LogP contribution < -0.4 is 0 Å². The lowest BCUT2D eigenvalue weighted by atomic mass is 10.1. The van der Waals surface area contributed by atoms with Crippen LogP contribution in [0.4, 0.5) is 0 Å². The number of phenolic OH excluding ortho intramolecular Hbond substituents is 1. The highest BCUT2D eigenvalue weighted by Crippen LogP contribution is 2.33. The number of aromatic amines is 1. The van der Waals surface area contributed by atoms with Crippen molar-refractivity contribution >= 4 is 33.4 Å². The molecule has 0 saturated heterocycles. The van der Waals surface area contributed by atoms with Gasteiger partial charge in [-0.1, -0.05) is 23.7 Å². The predicted molar refractivity (Wildman–Crippen MR) is 76.4 cm³/mol. The molecule has 0 bridgehead atoms. The molecule has 0 aliphatic heterocycles. The van der Waals surface area contributed by atoms with Crippen LogP contribution in [0.25, 0.3) is 21.8 Å². The van der Waals surface area contributed by atoms with E-state index in [1.807, 2.05) is 24.3 Å². The third-order valence-electron chi connectivity index (χ3n) is 3.17. The van der Waals surface area contributed by atoms with Gasteiger partial charge in [0.25, 0.3) is 0 Å². The molecule has 1 heterocycles. The summed E-state index contributed by atoms with van der Waals surface area (Å²) in [6.07, 6.45) is 2.41. The minimum atomic E-state index is 0.292. The van der Waals surface area contributed by atoms with Crippen LogP contribution in [0.1, 0.15) is 5.56 Å². The van der Waals surface area contributed by atoms with Gasteiger partial charge in [-0.25, -0.2) is 0 Å². The topological polar surface area (TPSA) is 36.0 Å². The molecule has 0 fully saturated rings. The SMILES string of the molecule is C=CCc1c(O)ccc2c1[nH]c1cc(Cl)ccc12. The predicted octanol–water partition coefficient (Wildman–Crippen LogP) is 4.41.